The molecule has 4 rings (SSSR count). The summed E-state index contributed by atoms with van der Waals surface area (Å²) in [6.07, 6.45) is -0.458. The minimum absolute atomic E-state index is 0.0865. The standard InChI is InChI=1S/C34H34O10/c1-23(41-25-11-15-27(16-12-25)43-33(37)29-7-3-5-9-31(29)35)21-39-19-20-40-22-24(2)42-26-13-17-28(18-14-26)44-34(38)30-8-4-6-10-32(30)36/h3-18,23-24,35-36H,19-22H2,1-2H3. The summed E-state index contributed by atoms with van der Waals surface area (Å²) >= 11 is 0. The molecule has 0 aliphatic heterocycles. The summed E-state index contributed by atoms with van der Waals surface area (Å²) < 4.78 is 33.6. The second-order valence-electron chi connectivity index (χ2n) is 9.76. The molecule has 4 aromatic rings. The van der Waals surface area contributed by atoms with Crippen molar-refractivity contribution in [2.45, 2.75) is 26.1 Å². The van der Waals surface area contributed by atoms with E-state index in [0.717, 1.165) is 0 Å². The molecule has 0 spiro atoms. The Bertz CT molecular complexity index is 1390. The van der Waals surface area contributed by atoms with Gasteiger partial charge in [-0.15, -0.1) is 0 Å². The van der Waals surface area contributed by atoms with E-state index in [-0.39, 0.29) is 34.8 Å². The average molecular weight is 603 g/mol. The smallest absolute Gasteiger partial charge is 0.347 e. The maximum Gasteiger partial charge on any atom is 0.347 e. The Morgan fingerprint density at radius 1 is 0.545 bits per heavy atom. The van der Waals surface area contributed by atoms with Crippen molar-refractivity contribution in [3.8, 4) is 34.5 Å². The normalized spacial score (nSPS) is 12.1. The van der Waals surface area contributed by atoms with Crippen LogP contribution in [0.25, 0.3) is 0 Å². The van der Waals surface area contributed by atoms with Crippen LogP contribution in [0.2, 0.25) is 0 Å². The summed E-state index contributed by atoms with van der Waals surface area (Å²) in [5, 5.41) is 19.6. The van der Waals surface area contributed by atoms with Gasteiger partial charge >= 0.3 is 11.9 Å². The third-order valence-electron chi connectivity index (χ3n) is 6.07. The van der Waals surface area contributed by atoms with Gasteiger partial charge in [-0.05, 0) is 86.6 Å². The van der Waals surface area contributed by atoms with Crippen LogP contribution in [0.4, 0.5) is 0 Å². The molecule has 0 radical (unpaired) electrons. The van der Waals surface area contributed by atoms with E-state index in [1.54, 1.807) is 72.8 Å². The number of carbonyl (C=O) groups is 2. The molecule has 2 N–H and O–H groups in total. The van der Waals surface area contributed by atoms with Gasteiger partial charge in [0.2, 0.25) is 0 Å². The quantitative estimate of drug-likeness (QED) is 0.0978. The van der Waals surface area contributed by atoms with E-state index < -0.39 is 11.9 Å². The number of ether oxygens (including phenoxy) is 6. The molecule has 0 aliphatic carbocycles. The van der Waals surface area contributed by atoms with E-state index in [1.807, 2.05) is 13.8 Å². The van der Waals surface area contributed by atoms with Gasteiger partial charge in [0.15, 0.2) is 0 Å². The number of rotatable bonds is 15. The molecule has 4 aromatic carbocycles. The lowest BCUT2D eigenvalue weighted by atomic mass is 10.2. The van der Waals surface area contributed by atoms with Gasteiger partial charge in [0, 0.05) is 0 Å². The first-order valence-corrected chi connectivity index (χ1v) is 14.0. The van der Waals surface area contributed by atoms with E-state index in [2.05, 4.69) is 0 Å². The highest BCUT2D eigenvalue weighted by molar-refractivity contribution is 5.94. The molecule has 0 aromatic heterocycles. The third kappa shape index (κ3) is 9.75. The van der Waals surface area contributed by atoms with Crippen molar-refractivity contribution in [2.75, 3.05) is 26.4 Å². The molecule has 0 saturated heterocycles. The van der Waals surface area contributed by atoms with Crippen molar-refractivity contribution in [3.05, 3.63) is 108 Å². The molecule has 0 bridgehead atoms. The van der Waals surface area contributed by atoms with E-state index in [0.29, 0.717) is 49.4 Å². The lowest BCUT2D eigenvalue weighted by molar-refractivity contribution is -0.00160. The number of benzene rings is 4. The van der Waals surface area contributed by atoms with Crippen molar-refractivity contribution < 1.29 is 48.2 Å². The Hall–Kier alpha value is -5.06. The number of phenols is 2. The van der Waals surface area contributed by atoms with Crippen LogP contribution in [0, 0.1) is 0 Å². The fourth-order valence-corrected chi connectivity index (χ4v) is 3.94. The minimum atomic E-state index is -0.650. The SMILES string of the molecule is CC(COCCOCC(C)Oc1ccc(OC(=O)c2ccccc2O)cc1)Oc1ccc(OC(=O)c2ccccc2O)cc1. The number of hydrogen-bond donors (Lipinski definition) is 2. The largest absolute Gasteiger partial charge is 0.507 e. The molecule has 0 saturated carbocycles. The highest BCUT2D eigenvalue weighted by Crippen LogP contribution is 2.24. The predicted molar refractivity (Wildman–Crippen MR) is 161 cm³/mol. The second kappa shape index (κ2) is 16.0. The van der Waals surface area contributed by atoms with Crippen LogP contribution in [0.1, 0.15) is 34.6 Å². The first kappa shape index (κ1) is 31.9. The number of aromatic hydroxyl groups is 2. The molecule has 10 heteroatoms. The van der Waals surface area contributed by atoms with E-state index >= 15 is 0 Å². The van der Waals surface area contributed by atoms with Crippen molar-refractivity contribution in [1.82, 2.24) is 0 Å². The Balaban J connectivity index is 1.07. The van der Waals surface area contributed by atoms with Crippen LogP contribution in [-0.4, -0.2) is 60.8 Å². The molecule has 0 heterocycles. The molecule has 0 aliphatic rings. The summed E-state index contributed by atoms with van der Waals surface area (Å²) in [6, 6.07) is 25.5. The zero-order valence-corrected chi connectivity index (χ0v) is 24.4. The van der Waals surface area contributed by atoms with Gasteiger partial charge in [-0.1, -0.05) is 24.3 Å². The van der Waals surface area contributed by atoms with Crippen molar-refractivity contribution >= 4 is 11.9 Å². The Labute approximate surface area is 255 Å². The van der Waals surface area contributed by atoms with Crippen LogP contribution in [0.5, 0.6) is 34.5 Å². The fraction of sp³-hybridized carbons (Fsp3) is 0.235. The van der Waals surface area contributed by atoms with Crippen molar-refractivity contribution in [2.24, 2.45) is 0 Å². The highest BCUT2D eigenvalue weighted by Gasteiger charge is 2.14. The fourth-order valence-electron chi connectivity index (χ4n) is 3.94. The lowest BCUT2D eigenvalue weighted by Gasteiger charge is -2.17. The average Bonchev–Trinajstić information content (AvgIpc) is 3.01. The van der Waals surface area contributed by atoms with Gasteiger partial charge < -0.3 is 38.6 Å². The summed E-state index contributed by atoms with van der Waals surface area (Å²) in [5.74, 6) is 0.248. The molecule has 10 nitrogen and oxygen atoms in total. The molecule has 44 heavy (non-hydrogen) atoms. The van der Waals surface area contributed by atoms with Crippen LogP contribution in [-0.2, 0) is 9.47 Å². The topological polar surface area (TPSA) is 130 Å². The summed E-state index contributed by atoms with van der Waals surface area (Å²) in [6.45, 7) is 5.19. The molecular formula is C34H34O10. The summed E-state index contributed by atoms with van der Waals surface area (Å²) in [7, 11) is 0. The maximum atomic E-state index is 12.2. The molecule has 2 atom stereocenters. The van der Waals surface area contributed by atoms with Gasteiger partial charge in [0.25, 0.3) is 0 Å². The van der Waals surface area contributed by atoms with Crippen LogP contribution >= 0.6 is 0 Å². The number of carbonyl (C=O) groups excluding carboxylic acids is 2. The predicted octanol–water partition coefficient (Wildman–Crippen LogP) is 5.80. The van der Waals surface area contributed by atoms with Crippen LogP contribution in [0.3, 0.4) is 0 Å². The summed E-state index contributed by atoms with van der Waals surface area (Å²) in [4.78, 5) is 24.5. The van der Waals surface area contributed by atoms with E-state index in [1.165, 1.54) is 24.3 Å². The Morgan fingerprint density at radius 3 is 1.25 bits per heavy atom. The first-order chi connectivity index (χ1) is 21.3. The molecule has 2 unspecified atom stereocenters. The number of hydrogen-bond acceptors (Lipinski definition) is 10. The van der Waals surface area contributed by atoms with Crippen LogP contribution in [0.15, 0.2) is 97.1 Å². The maximum absolute atomic E-state index is 12.2. The zero-order valence-electron chi connectivity index (χ0n) is 24.4. The molecule has 230 valence electrons. The van der Waals surface area contributed by atoms with Crippen molar-refractivity contribution in [1.29, 1.82) is 0 Å². The summed E-state index contributed by atoms with van der Waals surface area (Å²) in [5.41, 5.74) is 0.173. The van der Waals surface area contributed by atoms with E-state index in [4.69, 9.17) is 28.4 Å². The van der Waals surface area contributed by atoms with E-state index in [9.17, 15) is 19.8 Å². The van der Waals surface area contributed by atoms with Gasteiger partial charge in [0.05, 0.1) is 26.4 Å². The highest BCUT2D eigenvalue weighted by atomic mass is 16.6. The number of phenolic OH excluding ortho intramolecular Hbond substituents is 2. The molecule has 0 amide bonds. The second-order valence-corrected chi connectivity index (χ2v) is 9.76. The first-order valence-electron chi connectivity index (χ1n) is 14.0. The molecular weight excluding hydrogens is 568 g/mol. The monoisotopic (exact) mass is 602 g/mol. The number of para-hydroxylation sites is 2. The minimum Gasteiger partial charge on any atom is -0.507 e. The van der Waals surface area contributed by atoms with Gasteiger partial charge in [0.1, 0.15) is 57.8 Å². The van der Waals surface area contributed by atoms with Gasteiger partial charge in [-0.2, -0.15) is 0 Å². The number of esters is 2. The van der Waals surface area contributed by atoms with Gasteiger partial charge in [-0.25, -0.2) is 9.59 Å². The Kier molecular flexibility index (Phi) is 11.6. The molecule has 0 fully saturated rings. The van der Waals surface area contributed by atoms with Crippen molar-refractivity contribution in [3.63, 3.8) is 0 Å². The Morgan fingerprint density at radius 2 is 0.886 bits per heavy atom. The lowest BCUT2D eigenvalue weighted by Crippen LogP contribution is -2.23. The third-order valence-corrected chi connectivity index (χ3v) is 6.07. The zero-order chi connectivity index (χ0) is 31.3. The van der Waals surface area contributed by atoms with Gasteiger partial charge in [-0.3, -0.25) is 0 Å². The van der Waals surface area contributed by atoms with Crippen LogP contribution < -0.4 is 18.9 Å².